The van der Waals surface area contributed by atoms with Gasteiger partial charge in [0, 0.05) is 5.54 Å². The molecule has 0 saturated heterocycles. The standard InChI is InChI=1S/C14H19NO/c1-16-13-4-2-11(3-5-13)6-7-15-14-8-12(9-14)10-14/h2-5,12,15H,6-10H2,1H3. The van der Waals surface area contributed by atoms with Crippen LogP contribution in [0.1, 0.15) is 24.8 Å². The van der Waals surface area contributed by atoms with Crippen molar-refractivity contribution in [1.82, 2.24) is 5.32 Å². The lowest BCUT2D eigenvalue weighted by Crippen LogP contribution is -2.67. The highest BCUT2D eigenvalue weighted by Crippen LogP contribution is 2.56. The molecule has 1 N–H and O–H groups in total. The summed E-state index contributed by atoms with van der Waals surface area (Å²) in [5, 5.41) is 3.71. The second-order valence-electron chi connectivity index (χ2n) is 5.28. The maximum atomic E-state index is 5.15. The highest BCUT2D eigenvalue weighted by atomic mass is 16.5. The molecule has 2 bridgehead atoms. The Bertz CT molecular complexity index is 354. The highest BCUT2D eigenvalue weighted by Gasteiger charge is 2.55. The van der Waals surface area contributed by atoms with Crippen LogP contribution < -0.4 is 10.1 Å². The molecule has 0 aromatic heterocycles. The summed E-state index contributed by atoms with van der Waals surface area (Å²) in [6.07, 6.45) is 5.40. The Morgan fingerprint density at radius 2 is 1.94 bits per heavy atom. The molecule has 0 radical (unpaired) electrons. The van der Waals surface area contributed by atoms with Crippen LogP contribution in [-0.2, 0) is 6.42 Å². The zero-order valence-corrected chi connectivity index (χ0v) is 9.83. The number of hydrogen-bond acceptors (Lipinski definition) is 2. The zero-order valence-electron chi connectivity index (χ0n) is 9.83. The first kappa shape index (κ1) is 10.2. The molecule has 0 amide bonds. The van der Waals surface area contributed by atoms with Crippen LogP contribution in [0.25, 0.3) is 0 Å². The van der Waals surface area contributed by atoms with Crippen molar-refractivity contribution in [1.29, 1.82) is 0 Å². The van der Waals surface area contributed by atoms with E-state index >= 15 is 0 Å². The Hall–Kier alpha value is -1.02. The minimum atomic E-state index is 0.567. The number of benzene rings is 1. The molecule has 86 valence electrons. The summed E-state index contributed by atoms with van der Waals surface area (Å²) in [5.41, 5.74) is 1.96. The third kappa shape index (κ3) is 1.71. The van der Waals surface area contributed by atoms with E-state index in [2.05, 4.69) is 17.4 Å². The van der Waals surface area contributed by atoms with Gasteiger partial charge in [0.05, 0.1) is 7.11 Å². The Morgan fingerprint density at radius 1 is 1.25 bits per heavy atom. The van der Waals surface area contributed by atoms with Crippen molar-refractivity contribution in [3.8, 4) is 5.75 Å². The first-order chi connectivity index (χ1) is 7.80. The molecule has 3 saturated carbocycles. The molecule has 2 nitrogen and oxygen atoms in total. The SMILES string of the molecule is COc1ccc(CCNC23CC(C2)C3)cc1. The van der Waals surface area contributed by atoms with E-state index in [1.165, 1.54) is 24.8 Å². The van der Waals surface area contributed by atoms with Gasteiger partial charge in [-0.15, -0.1) is 0 Å². The van der Waals surface area contributed by atoms with Gasteiger partial charge >= 0.3 is 0 Å². The molecule has 4 rings (SSSR count). The number of rotatable bonds is 5. The van der Waals surface area contributed by atoms with Gasteiger partial charge in [0.25, 0.3) is 0 Å². The van der Waals surface area contributed by atoms with Crippen molar-refractivity contribution in [3.05, 3.63) is 29.8 Å². The normalized spacial score (nSPS) is 30.4. The Labute approximate surface area is 97.0 Å². The van der Waals surface area contributed by atoms with Crippen molar-refractivity contribution >= 4 is 0 Å². The summed E-state index contributed by atoms with van der Waals surface area (Å²) in [4.78, 5) is 0. The second kappa shape index (κ2) is 3.77. The van der Waals surface area contributed by atoms with Crippen LogP contribution in [0.3, 0.4) is 0 Å². The predicted octanol–water partition coefficient (Wildman–Crippen LogP) is 2.38. The lowest BCUT2D eigenvalue weighted by Gasteiger charge is -2.62. The van der Waals surface area contributed by atoms with Crippen LogP contribution in [0, 0.1) is 5.92 Å². The number of hydrogen-bond donors (Lipinski definition) is 1. The van der Waals surface area contributed by atoms with Crippen LogP contribution in [0.4, 0.5) is 0 Å². The topological polar surface area (TPSA) is 21.3 Å². The minimum absolute atomic E-state index is 0.567. The fourth-order valence-electron chi connectivity index (χ4n) is 2.96. The van der Waals surface area contributed by atoms with Gasteiger partial charge in [-0.2, -0.15) is 0 Å². The average Bonchev–Trinajstić information content (AvgIpc) is 2.21. The van der Waals surface area contributed by atoms with E-state index < -0.39 is 0 Å². The molecule has 16 heavy (non-hydrogen) atoms. The fraction of sp³-hybridized carbons (Fsp3) is 0.571. The Balaban J connectivity index is 1.46. The molecule has 3 aliphatic carbocycles. The number of nitrogens with one attached hydrogen (secondary N) is 1. The van der Waals surface area contributed by atoms with E-state index in [0.717, 1.165) is 24.6 Å². The molecular weight excluding hydrogens is 198 g/mol. The van der Waals surface area contributed by atoms with E-state index in [1.807, 2.05) is 12.1 Å². The first-order valence-electron chi connectivity index (χ1n) is 6.18. The van der Waals surface area contributed by atoms with Gasteiger partial charge in [-0.25, -0.2) is 0 Å². The van der Waals surface area contributed by atoms with Gasteiger partial charge in [0.1, 0.15) is 5.75 Å². The zero-order chi connectivity index (χ0) is 11.0. The van der Waals surface area contributed by atoms with Gasteiger partial charge in [-0.1, -0.05) is 12.1 Å². The van der Waals surface area contributed by atoms with Crippen LogP contribution in [0.15, 0.2) is 24.3 Å². The van der Waals surface area contributed by atoms with Crippen LogP contribution in [-0.4, -0.2) is 19.2 Å². The smallest absolute Gasteiger partial charge is 0.118 e. The molecule has 0 heterocycles. The highest BCUT2D eigenvalue weighted by molar-refractivity contribution is 5.27. The monoisotopic (exact) mass is 217 g/mol. The summed E-state index contributed by atoms with van der Waals surface area (Å²) < 4.78 is 5.15. The van der Waals surface area contributed by atoms with Gasteiger partial charge in [0.15, 0.2) is 0 Å². The van der Waals surface area contributed by atoms with E-state index in [9.17, 15) is 0 Å². The van der Waals surface area contributed by atoms with Crippen LogP contribution in [0.5, 0.6) is 5.75 Å². The fourth-order valence-corrected chi connectivity index (χ4v) is 2.96. The molecule has 0 unspecified atom stereocenters. The maximum Gasteiger partial charge on any atom is 0.118 e. The third-order valence-corrected chi connectivity index (χ3v) is 4.11. The molecule has 3 aliphatic rings. The molecule has 2 heteroatoms. The lowest BCUT2D eigenvalue weighted by atomic mass is 9.50. The van der Waals surface area contributed by atoms with E-state index in [-0.39, 0.29) is 0 Å². The van der Waals surface area contributed by atoms with Gasteiger partial charge in [-0.3, -0.25) is 0 Å². The number of ether oxygens (including phenoxy) is 1. The van der Waals surface area contributed by atoms with Gasteiger partial charge < -0.3 is 10.1 Å². The van der Waals surface area contributed by atoms with Crippen molar-refractivity contribution in [3.63, 3.8) is 0 Å². The summed E-state index contributed by atoms with van der Waals surface area (Å²) in [7, 11) is 1.71. The van der Waals surface area contributed by atoms with Crippen LogP contribution in [0.2, 0.25) is 0 Å². The molecule has 0 atom stereocenters. The minimum Gasteiger partial charge on any atom is -0.497 e. The van der Waals surface area contributed by atoms with E-state index in [1.54, 1.807) is 7.11 Å². The molecule has 0 aliphatic heterocycles. The molecular formula is C14H19NO. The summed E-state index contributed by atoms with van der Waals surface area (Å²) in [5.74, 6) is 2.00. The summed E-state index contributed by atoms with van der Waals surface area (Å²) in [6, 6.07) is 8.39. The van der Waals surface area contributed by atoms with Gasteiger partial charge in [-0.05, 0) is 55.8 Å². The average molecular weight is 217 g/mol. The van der Waals surface area contributed by atoms with Gasteiger partial charge in [0.2, 0.25) is 0 Å². The predicted molar refractivity (Wildman–Crippen MR) is 64.8 cm³/mol. The van der Waals surface area contributed by atoms with Crippen molar-refractivity contribution in [2.24, 2.45) is 5.92 Å². The summed E-state index contributed by atoms with van der Waals surface area (Å²) >= 11 is 0. The number of methoxy groups -OCH3 is 1. The van der Waals surface area contributed by atoms with Crippen molar-refractivity contribution < 1.29 is 4.74 Å². The van der Waals surface area contributed by atoms with Crippen LogP contribution >= 0.6 is 0 Å². The van der Waals surface area contributed by atoms with E-state index in [0.29, 0.717) is 5.54 Å². The maximum absolute atomic E-state index is 5.15. The quantitative estimate of drug-likeness (QED) is 0.817. The summed E-state index contributed by atoms with van der Waals surface area (Å²) in [6.45, 7) is 1.11. The van der Waals surface area contributed by atoms with E-state index in [4.69, 9.17) is 4.74 Å². The largest absolute Gasteiger partial charge is 0.497 e. The Morgan fingerprint density at radius 3 is 2.44 bits per heavy atom. The lowest BCUT2D eigenvalue weighted by molar-refractivity contribution is -0.0499. The van der Waals surface area contributed by atoms with Crippen molar-refractivity contribution in [2.45, 2.75) is 31.2 Å². The van der Waals surface area contributed by atoms with Crippen molar-refractivity contribution in [2.75, 3.05) is 13.7 Å². The molecule has 0 spiro atoms. The molecule has 1 aromatic rings. The first-order valence-corrected chi connectivity index (χ1v) is 6.18. The second-order valence-corrected chi connectivity index (χ2v) is 5.28. The third-order valence-electron chi connectivity index (χ3n) is 4.11. The molecule has 1 aromatic carbocycles. The Kier molecular flexibility index (Phi) is 2.40. The molecule has 3 fully saturated rings.